The van der Waals surface area contributed by atoms with Crippen molar-refractivity contribution in [2.24, 2.45) is 5.92 Å². The van der Waals surface area contributed by atoms with Gasteiger partial charge in [-0.25, -0.2) is 4.79 Å². The summed E-state index contributed by atoms with van der Waals surface area (Å²) >= 11 is 0. The summed E-state index contributed by atoms with van der Waals surface area (Å²) in [7, 11) is 2.40. The van der Waals surface area contributed by atoms with Crippen LogP contribution in [0.2, 0.25) is 0 Å². The van der Waals surface area contributed by atoms with E-state index in [-0.39, 0.29) is 25.3 Å². The number of aliphatic hydroxyl groups excluding tert-OH is 1. The minimum absolute atomic E-state index is 0.000428. The van der Waals surface area contributed by atoms with E-state index >= 15 is 0 Å². The Labute approximate surface area is 140 Å². The van der Waals surface area contributed by atoms with E-state index in [1.54, 1.807) is 6.92 Å². The van der Waals surface area contributed by atoms with Gasteiger partial charge in [0.05, 0.1) is 26.2 Å². The number of carbonyl (C=O) groups excluding carboxylic acids is 4. The fourth-order valence-corrected chi connectivity index (χ4v) is 2.69. The number of rotatable bonds is 6. The molecule has 4 atom stereocenters. The monoisotopic (exact) mass is 344 g/mol. The van der Waals surface area contributed by atoms with E-state index in [2.05, 4.69) is 14.8 Å². The van der Waals surface area contributed by atoms with Crippen molar-refractivity contribution in [3.8, 4) is 0 Å². The summed E-state index contributed by atoms with van der Waals surface area (Å²) < 4.78 is 9.25. The Morgan fingerprint density at radius 2 is 1.79 bits per heavy atom. The number of carbonyl (C=O) groups is 4. The quantitative estimate of drug-likeness (QED) is 0.582. The van der Waals surface area contributed by atoms with Gasteiger partial charge in [-0.05, 0) is 6.42 Å². The summed E-state index contributed by atoms with van der Waals surface area (Å²) in [5.41, 5.74) is 0. The molecule has 1 saturated heterocycles. The lowest BCUT2D eigenvalue weighted by atomic mass is 10.0. The van der Waals surface area contributed by atoms with Gasteiger partial charge in [0.1, 0.15) is 12.1 Å². The lowest BCUT2D eigenvalue weighted by Crippen LogP contribution is -2.51. The number of amides is 2. The van der Waals surface area contributed by atoms with Crippen molar-refractivity contribution in [1.82, 2.24) is 10.2 Å². The summed E-state index contributed by atoms with van der Waals surface area (Å²) in [6.45, 7) is 2.93. The van der Waals surface area contributed by atoms with Crippen molar-refractivity contribution >= 4 is 23.8 Å². The van der Waals surface area contributed by atoms with Crippen LogP contribution in [0.25, 0.3) is 0 Å². The Bertz CT molecular complexity index is 508. The average Bonchev–Trinajstić information content (AvgIpc) is 2.94. The summed E-state index contributed by atoms with van der Waals surface area (Å²) in [6.07, 6.45) is -0.707. The van der Waals surface area contributed by atoms with Crippen LogP contribution in [0.15, 0.2) is 0 Å². The molecule has 1 aliphatic rings. The Morgan fingerprint density at radius 1 is 1.21 bits per heavy atom. The molecule has 24 heavy (non-hydrogen) atoms. The van der Waals surface area contributed by atoms with E-state index in [9.17, 15) is 24.3 Å². The van der Waals surface area contributed by atoms with Gasteiger partial charge in [0.15, 0.2) is 0 Å². The number of esters is 2. The van der Waals surface area contributed by atoms with Crippen LogP contribution >= 0.6 is 0 Å². The first-order chi connectivity index (χ1) is 11.2. The van der Waals surface area contributed by atoms with Crippen LogP contribution in [-0.4, -0.2) is 72.7 Å². The Morgan fingerprint density at radius 3 is 2.29 bits per heavy atom. The second-order valence-electron chi connectivity index (χ2n) is 5.82. The maximum Gasteiger partial charge on any atom is 0.328 e. The van der Waals surface area contributed by atoms with Crippen LogP contribution in [-0.2, 0) is 28.7 Å². The van der Waals surface area contributed by atoms with Crippen LogP contribution in [0.4, 0.5) is 0 Å². The molecule has 1 rings (SSSR count). The number of nitrogens with one attached hydrogen (secondary N) is 1. The molecular weight excluding hydrogens is 320 g/mol. The number of likely N-dealkylation sites (tertiary alicyclic amines) is 1. The molecule has 2 N–H and O–H groups in total. The highest BCUT2D eigenvalue weighted by Crippen LogP contribution is 2.19. The van der Waals surface area contributed by atoms with Crippen molar-refractivity contribution in [2.75, 3.05) is 20.8 Å². The van der Waals surface area contributed by atoms with Gasteiger partial charge in [-0.3, -0.25) is 14.4 Å². The van der Waals surface area contributed by atoms with Gasteiger partial charge >= 0.3 is 11.9 Å². The van der Waals surface area contributed by atoms with Gasteiger partial charge in [-0.1, -0.05) is 6.92 Å². The van der Waals surface area contributed by atoms with Crippen LogP contribution < -0.4 is 5.32 Å². The maximum atomic E-state index is 12.4. The first-order valence-corrected chi connectivity index (χ1v) is 7.62. The summed E-state index contributed by atoms with van der Waals surface area (Å²) in [4.78, 5) is 48.6. The molecule has 9 nitrogen and oxygen atoms in total. The number of hydrogen-bond donors (Lipinski definition) is 2. The highest BCUT2D eigenvalue weighted by Gasteiger charge is 2.39. The minimum atomic E-state index is -1.05. The first kappa shape index (κ1) is 19.9. The number of β-amino-alcohol motifs (C(OH)–C–C–N with tert-alkyl or cyclic N) is 1. The molecule has 0 aromatic carbocycles. The molecule has 0 radical (unpaired) electrons. The molecule has 0 aliphatic carbocycles. The predicted octanol–water partition coefficient (Wildman–Crippen LogP) is -1.17. The highest BCUT2D eigenvalue weighted by atomic mass is 16.5. The second kappa shape index (κ2) is 8.62. The zero-order valence-corrected chi connectivity index (χ0v) is 14.3. The SMILES string of the molecule is COC(=O)[C@H](C)C[C@H](NC(=O)[C@@H]1C[C@@H](O)CN1C(C)=O)C(=O)OC. The zero-order chi connectivity index (χ0) is 18.4. The fraction of sp³-hybridized carbons (Fsp3) is 0.733. The Kier molecular flexibility index (Phi) is 7.15. The Hall–Kier alpha value is -2.16. The van der Waals surface area contributed by atoms with E-state index in [1.165, 1.54) is 26.0 Å². The van der Waals surface area contributed by atoms with Crippen molar-refractivity contribution in [3.63, 3.8) is 0 Å². The topological polar surface area (TPSA) is 122 Å². The van der Waals surface area contributed by atoms with Crippen molar-refractivity contribution in [1.29, 1.82) is 0 Å². The van der Waals surface area contributed by atoms with Crippen LogP contribution in [0.1, 0.15) is 26.7 Å². The summed E-state index contributed by atoms with van der Waals surface area (Å²) in [5.74, 6) is -2.76. The van der Waals surface area contributed by atoms with E-state index < -0.39 is 42.0 Å². The summed E-state index contributed by atoms with van der Waals surface area (Å²) in [5, 5.41) is 12.2. The largest absolute Gasteiger partial charge is 0.469 e. The van der Waals surface area contributed by atoms with Gasteiger partial charge in [0.25, 0.3) is 0 Å². The van der Waals surface area contributed by atoms with E-state index in [4.69, 9.17) is 0 Å². The van der Waals surface area contributed by atoms with E-state index in [0.717, 1.165) is 0 Å². The lowest BCUT2D eigenvalue weighted by molar-refractivity contribution is -0.149. The molecule has 9 heteroatoms. The lowest BCUT2D eigenvalue weighted by Gasteiger charge is -2.25. The molecule has 0 aromatic heterocycles. The maximum absolute atomic E-state index is 12.4. The molecule has 2 amide bonds. The molecule has 136 valence electrons. The fourth-order valence-electron chi connectivity index (χ4n) is 2.69. The number of hydrogen-bond acceptors (Lipinski definition) is 7. The predicted molar refractivity (Wildman–Crippen MR) is 81.5 cm³/mol. The van der Waals surface area contributed by atoms with Gasteiger partial charge in [0.2, 0.25) is 11.8 Å². The average molecular weight is 344 g/mol. The van der Waals surface area contributed by atoms with Gasteiger partial charge in [-0.2, -0.15) is 0 Å². The normalized spacial score (nSPS) is 22.5. The van der Waals surface area contributed by atoms with Crippen molar-refractivity contribution in [2.45, 2.75) is 44.9 Å². The molecule has 0 bridgehead atoms. The molecule has 0 spiro atoms. The zero-order valence-electron chi connectivity index (χ0n) is 14.3. The van der Waals surface area contributed by atoms with Crippen molar-refractivity contribution in [3.05, 3.63) is 0 Å². The van der Waals surface area contributed by atoms with Crippen LogP contribution in [0, 0.1) is 5.92 Å². The third-order valence-electron chi connectivity index (χ3n) is 3.98. The summed E-state index contributed by atoms with van der Waals surface area (Å²) in [6, 6.07) is -1.92. The molecule has 0 saturated carbocycles. The van der Waals surface area contributed by atoms with Crippen molar-refractivity contribution < 1.29 is 33.8 Å². The third-order valence-corrected chi connectivity index (χ3v) is 3.98. The standard InChI is InChI=1S/C15H24N2O7/c1-8(14(21)23-3)5-11(15(22)24-4)16-13(20)12-6-10(19)7-17(12)9(2)18/h8,10-12,19H,5-7H2,1-4H3,(H,16,20)/t8-,10-,11+,12+/m1/s1. The van der Waals surface area contributed by atoms with Gasteiger partial charge < -0.3 is 24.8 Å². The highest BCUT2D eigenvalue weighted by molar-refractivity contribution is 5.91. The van der Waals surface area contributed by atoms with Crippen LogP contribution in [0.5, 0.6) is 0 Å². The molecule has 1 heterocycles. The number of ether oxygens (including phenoxy) is 2. The number of nitrogens with zero attached hydrogens (tertiary/aromatic N) is 1. The molecule has 0 aromatic rings. The number of methoxy groups -OCH3 is 2. The first-order valence-electron chi connectivity index (χ1n) is 7.62. The van der Waals surface area contributed by atoms with Gasteiger partial charge in [0, 0.05) is 19.9 Å². The van der Waals surface area contributed by atoms with E-state index in [0.29, 0.717) is 0 Å². The Balaban J connectivity index is 2.82. The smallest absolute Gasteiger partial charge is 0.328 e. The van der Waals surface area contributed by atoms with Gasteiger partial charge in [-0.15, -0.1) is 0 Å². The molecule has 1 fully saturated rings. The van der Waals surface area contributed by atoms with Crippen LogP contribution in [0.3, 0.4) is 0 Å². The minimum Gasteiger partial charge on any atom is -0.469 e. The van der Waals surface area contributed by atoms with E-state index in [1.807, 2.05) is 0 Å². The third kappa shape index (κ3) is 4.92. The second-order valence-corrected chi connectivity index (χ2v) is 5.82. The molecular formula is C15H24N2O7. The molecule has 1 aliphatic heterocycles. The number of aliphatic hydroxyl groups is 1. The molecule has 0 unspecified atom stereocenters.